The summed E-state index contributed by atoms with van der Waals surface area (Å²) in [6, 6.07) is 0. The summed E-state index contributed by atoms with van der Waals surface area (Å²) in [6.07, 6.45) is 2.20. The summed E-state index contributed by atoms with van der Waals surface area (Å²) in [6.45, 7) is 7.38. The van der Waals surface area contributed by atoms with Gasteiger partial charge in [0.25, 0.3) is 0 Å². The minimum absolute atomic E-state index is 0.100. The van der Waals surface area contributed by atoms with Crippen LogP contribution < -0.4 is 0 Å². The SMILES string of the molecule is C=CC[C@@]1(C)OC(=O)C[C@H]1C(=O)OCC. The van der Waals surface area contributed by atoms with Crippen molar-refractivity contribution in [2.45, 2.75) is 32.3 Å². The van der Waals surface area contributed by atoms with E-state index in [2.05, 4.69) is 6.58 Å². The van der Waals surface area contributed by atoms with Gasteiger partial charge in [-0.25, -0.2) is 0 Å². The number of carbonyl (C=O) groups is 2. The summed E-state index contributed by atoms with van der Waals surface area (Å²) >= 11 is 0. The van der Waals surface area contributed by atoms with Crippen LogP contribution in [0, 0.1) is 5.92 Å². The largest absolute Gasteiger partial charge is 0.466 e. The molecule has 2 atom stereocenters. The van der Waals surface area contributed by atoms with Crippen LogP contribution in [0.4, 0.5) is 0 Å². The van der Waals surface area contributed by atoms with Gasteiger partial charge in [-0.3, -0.25) is 9.59 Å². The zero-order valence-corrected chi connectivity index (χ0v) is 9.12. The first-order chi connectivity index (χ1) is 7.03. The standard InChI is InChI=1S/C11H16O4/c1-4-6-11(3)8(7-9(12)15-11)10(13)14-5-2/h4,8H,1,5-7H2,2-3H3/t8-,11+/m0/s1. The third-order valence-corrected chi connectivity index (χ3v) is 2.58. The fraction of sp³-hybridized carbons (Fsp3) is 0.636. The second-order valence-electron chi connectivity index (χ2n) is 3.79. The van der Waals surface area contributed by atoms with Gasteiger partial charge in [-0.1, -0.05) is 6.08 Å². The second kappa shape index (κ2) is 4.47. The monoisotopic (exact) mass is 212 g/mol. The quantitative estimate of drug-likeness (QED) is 0.522. The second-order valence-corrected chi connectivity index (χ2v) is 3.79. The Labute approximate surface area is 89.2 Å². The van der Waals surface area contributed by atoms with E-state index in [1.54, 1.807) is 19.9 Å². The smallest absolute Gasteiger partial charge is 0.313 e. The minimum atomic E-state index is -0.787. The van der Waals surface area contributed by atoms with Crippen molar-refractivity contribution in [2.24, 2.45) is 5.92 Å². The molecule has 0 bridgehead atoms. The Hall–Kier alpha value is -1.32. The van der Waals surface area contributed by atoms with Crippen molar-refractivity contribution in [3.63, 3.8) is 0 Å². The third-order valence-electron chi connectivity index (χ3n) is 2.58. The van der Waals surface area contributed by atoms with Crippen LogP contribution in [0.3, 0.4) is 0 Å². The molecule has 1 heterocycles. The Morgan fingerprint density at radius 2 is 2.47 bits per heavy atom. The zero-order valence-electron chi connectivity index (χ0n) is 9.12. The summed E-state index contributed by atoms with van der Waals surface area (Å²) in [4.78, 5) is 22.8. The van der Waals surface area contributed by atoms with Crippen LogP contribution in [0.1, 0.15) is 26.7 Å². The van der Waals surface area contributed by atoms with Gasteiger partial charge in [0.1, 0.15) is 11.5 Å². The van der Waals surface area contributed by atoms with Crippen molar-refractivity contribution < 1.29 is 19.1 Å². The van der Waals surface area contributed by atoms with Crippen molar-refractivity contribution in [3.05, 3.63) is 12.7 Å². The lowest BCUT2D eigenvalue weighted by Gasteiger charge is -2.26. The van der Waals surface area contributed by atoms with Gasteiger partial charge in [-0.2, -0.15) is 0 Å². The fourth-order valence-corrected chi connectivity index (χ4v) is 1.80. The molecule has 1 saturated heterocycles. The van der Waals surface area contributed by atoms with E-state index in [0.717, 1.165) is 0 Å². The molecule has 0 aromatic heterocycles. The predicted octanol–water partition coefficient (Wildman–Crippen LogP) is 1.45. The van der Waals surface area contributed by atoms with Crippen molar-refractivity contribution in [1.82, 2.24) is 0 Å². The number of hydrogen-bond acceptors (Lipinski definition) is 4. The fourth-order valence-electron chi connectivity index (χ4n) is 1.80. The number of cyclic esters (lactones) is 1. The zero-order chi connectivity index (χ0) is 11.5. The molecule has 0 radical (unpaired) electrons. The number of hydrogen-bond donors (Lipinski definition) is 0. The molecule has 4 heteroatoms. The highest BCUT2D eigenvalue weighted by molar-refractivity contribution is 5.84. The van der Waals surface area contributed by atoms with E-state index in [4.69, 9.17) is 9.47 Å². The number of ether oxygens (including phenoxy) is 2. The lowest BCUT2D eigenvalue weighted by Crippen LogP contribution is -2.37. The van der Waals surface area contributed by atoms with E-state index < -0.39 is 11.5 Å². The van der Waals surface area contributed by atoms with Crippen LogP contribution in [0.5, 0.6) is 0 Å². The van der Waals surface area contributed by atoms with E-state index in [1.165, 1.54) is 0 Å². The molecule has 1 aliphatic rings. The first-order valence-corrected chi connectivity index (χ1v) is 5.03. The number of esters is 2. The summed E-state index contributed by atoms with van der Waals surface area (Å²) < 4.78 is 10.1. The highest BCUT2D eigenvalue weighted by Crippen LogP contribution is 2.36. The maximum atomic E-state index is 11.6. The summed E-state index contributed by atoms with van der Waals surface area (Å²) in [5, 5.41) is 0. The first kappa shape index (κ1) is 11.8. The third kappa shape index (κ3) is 2.37. The summed E-state index contributed by atoms with van der Waals surface area (Å²) in [5.74, 6) is -1.23. The predicted molar refractivity (Wildman–Crippen MR) is 54.1 cm³/mol. The maximum absolute atomic E-state index is 11.6. The Kier molecular flexibility index (Phi) is 3.50. The van der Waals surface area contributed by atoms with Gasteiger partial charge >= 0.3 is 11.9 Å². The van der Waals surface area contributed by atoms with Crippen LogP contribution in [0.25, 0.3) is 0 Å². The molecule has 15 heavy (non-hydrogen) atoms. The average Bonchev–Trinajstić information content (AvgIpc) is 2.42. The molecule has 0 aliphatic carbocycles. The molecule has 84 valence electrons. The van der Waals surface area contributed by atoms with Crippen molar-refractivity contribution >= 4 is 11.9 Å². The van der Waals surface area contributed by atoms with Crippen LogP contribution in [-0.4, -0.2) is 24.1 Å². The van der Waals surface area contributed by atoms with E-state index in [1.807, 2.05) is 0 Å². The van der Waals surface area contributed by atoms with Gasteiger partial charge in [0.15, 0.2) is 0 Å². The van der Waals surface area contributed by atoms with Crippen LogP contribution in [0.15, 0.2) is 12.7 Å². The van der Waals surface area contributed by atoms with Crippen LogP contribution >= 0.6 is 0 Å². The normalized spacial score (nSPS) is 29.7. The molecule has 0 aromatic rings. The van der Waals surface area contributed by atoms with E-state index in [9.17, 15) is 9.59 Å². The first-order valence-electron chi connectivity index (χ1n) is 5.03. The van der Waals surface area contributed by atoms with Gasteiger partial charge < -0.3 is 9.47 Å². The van der Waals surface area contributed by atoms with E-state index >= 15 is 0 Å². The molecular weight excluding hydrogens is 196 g/mol. The molecule has 1 aliphatic heterocycles. The Bertz CT molecular complexity index is 284. The van der Waals surface area contributed by atoms with E-state index in [-0.39, 0.29) is 18.4 Å². The number of carbonyl (C=O) groups excluding carboxylic acids is 2. The van der Waals surface area contributed by atoms with Crippen molar-refractivity contribution in [2.75, 3.05) is 6.61 Å². The van der Waals surface area contributed by atoms with Crippen LogP contribution in [-0.2, 0) is 19.1 Å². The lowest BCUT2D eigenvalue weighted by molar-refractivity contribution is -0.156. The molecule has 0 saturated carbocycles. The molecule has 0 N–H and O–H groups in total. The lowest BCUT2D eigenvalue weighted by atomic mass is 9.86. The van der Waals surface area contributed by atoms with Gasteiger partial charge in [0.2, 0.25) is 0 Å². The highest BCUT2D eigenvalue weighted by Gasteiger charge is 2.49. The Morgan fingerprint density at radius 3 is 3.00 bits per heavy atom. The molecule has 0 aromatic carbocycles. The van der Waals surface area contributed by atoms with Gasteiger partial charge in [-0.15, -0.1) is 6.58 Å². The topological polar surface area (TPSA) is 52.6 Å². The molecule has 4 nitrogen and oxygen atoms in total. The molecular formula is C11H16O4. The van der Waals surface area contributed by atoms with Gasteiger partial charge in [0.05, 0.1) is 13.0 Å². The molecule has 0 spiro atoms. The van der Waals surface area contributed by atoms with Crippen molar-refractivity contribution in [1.29, 1.82) is 0 Å². The molecule has 1 fully saturated rings. The number of rotatable bonds is 4. The van der Waals surface area contributed by atoms with Crippen molar-refractivity contribution in [3.8, 4) is 0 Å². The maximum Gasteiger partial charge on any atom is 0.313 e. The molecule has 1 rings (SSSR count). The summed E-state index contributed by atoms with van der Waals surface area (Å²) in [5.41, 5.74) is -0.787. The minimum Gasteiger partial charge on any atom is -0.466 e. The van der Waals surface area contributed by atoms with E-state index in [0.29, 0.717) is 13.0 Å². The Morgan fingerprint density at radius 1 is 1.80 bits per heavy atom. The highest BCUT2D eigenvalue weighted by atomic mass is 16.6. The average molecular weight is 212 g/mol. The van der Waals surface area contributed by atoms with Gasteiger partial charge in [0, 0.05) is 6.42 Å². The van der Waals surface area contributed by atoms with Crippen LogP contribution in [0.2, 0.25) is 0 Å². The molecule has 0 unspecified atom stereocenters. The Balaban J connectivity index is 2.80. The molecule has 0 amide bonds. The van der Waals surface area contributed by atoms with Gasteiger partial charge in [-0.05, 0) is 13.8 Å². The summed E-state index contributed by atoms with van der Waals surface area (Å²) in [7, 11) is 0.